The Hall–Kier alpha value is -3.28. The van der Waals surface area contributed by atoms with E-state index in [0.29, 0.717) is 29.0 Å². The molecule has 3 aromatic rings. The van der Waals surface area contributed by atoms with Crippen LogP contribution in [0.15, 0.2) is 57.7 Å². The van der Waals surface area contributed by atoms with Crippen molar-refractivity contribution < 1.29 is 13.9 Å². The van der Waals surface area contributed by atoms with Gasteiger partial charge in [-0.3, -0.25) is 4.79 Å². The molecule has 26 heavy (non-hydrogen) atoms. The normalized spacial score (nSPS) is 10.6. The van der Waals surface area contributed by atoms with Crippen LogP contribution in [0.25, 0.3) is 11.0 Å². The Morgan fingerprint density at radius 3 is 2.50 bits per heavy atom. The summed E-state index contributed by atoms with van der Waals surface area (Å²) in [5, 5.41) is 3.37. The van der Waals surface area contributed by atoms with E-state index in [-0.39, 0.29) is 11.5 Å². The molecule has 0 bridgehead atoms. The number of amides is 1. The molecule has 0 fully saturated rings. The first-order valence-corrected chi connectivity index (χ1v) is 8.27. The van der Waals surface area contributed by atoms with Gasteiger partial charge in [-0.25, -0.2) is 4.79 Å². The quantitative estimate of drug-likeness (QED) is 0.712. The fourth-order valence-electron chi connectivity index (χ4n) is 2.63. The summed E-state index contributed by atoms with van der Waals surface area (Å²) in [7, 11) is 3.89. The number of rotatable bonds is 5. The van der Waals surface area contributed by atoms with Gasteiger partial charge in [0.05, 0.1) is 12.2 Å². The van der Waals surface area contributed by atoms with Crippen molar-refractivity contribution in [1.82, 2.24) is 0 Å². The zero-order valence-corrected chi connectivity index (χ0v) is 14.9. The second-order valence-electron chi connectivity index (χ2n) is 5.97. The highest BCUT2D eigenvalue weighted by atomic mass is 16.5. The van der Waals surface area contributed by atoms with Crippen LogP contribution in [-0.4, -0.2) is 26.6 Å². The topological polar surface area (TPSA) is 71.8 Å². The minimum Gasteiger partial charge on any atom is -0.494 e. The molecule has 6 heteroatoms. The van der Waals surface area contributed by atoms with Gasteiger partial charge in [-0.2, -0.15) is 0 Å². The molecular formula is C20H20N2O4. The molecule has 1 amide bonds. The van der Waals surface area contributed by atoms with Crippen molar-refractivity contribution in [1.29, 1.82) is 0 Å². The molecule has 0 saturated carbocycles. The Bertz CT molecular complexity index is 991. The van der Waals surface area contributed by atoms with Gasteiger partial charge in [-0.1, -0.05) is 0 Å². The second-order valence-corrected chi connectivity index (χ2v) is 5.97. The maximum absolute atomic E-state index is 12.7. The van der Waals surface area contributed by atoms with Crippen molar-refractivity contribution in [3.63, 3.8) is 0 Å². The Kier molecular flexibility index (Phi) is 4.93. The first-order valence-electron chi connectivity index (χ1n) is 8.27. The summed E-state index contributed by atoms with van der Waals surface area (Å²) >= 11 is 0. The lowest BCUT2D eigenvalue weighted by Crippen LogP contribution is -2.15. The molecule has 0 radical (unpaired) electrons. The summed E-state index contributed by atoms with van der Waals surface area (Å²) in [6, 6.07) is 13.7. The van der Waals surface area contributed by atoms with Crippen molar-refractivity contribution in [2.24, 2.45) is 0 Å². The number of fused-ring (bicyclic) bond motifs is 1. The standard InChI is InChI=1S/C20H20N2O4/c1-4-25-15-9-10-16-17(12-19(23)26-18(16)11-15)20(24)21-13-5-7-14(8-6-13)22(2)3/h5-12H,4H2,1-3H3,(H,21,24). The number of nitrogens with one attached hydrogen (secondary N) is 1. The molecule has 0 aliphatic carbocycles. The van der Waals surface area contributed by atoms with E-state index < -0.39 is 5.63 Å². The van der Waals surface area contributed by atoms with Gasteiger partial charge in [0.15, 0.2) is 0 Å². The van der Waals surface area contributed by atoms with Crippen LogP contribution in [-0.2, 0) is 0 Å². The summed E-state index contributed by atoms with van der Waals surface area (Å²) in [5.74, 6) is 0.213. The third kappa shape index (κ3) is 3.69. The predicted molar refractivity (Wildman–Crippen MR) is 102 cm³/mol. The molecule has 1 N–H and O–H groups in total. The molecule has 3 rings (SSSR count). The molecule has 2 aromatic carbocycles. The zero-order chi connectivity index (χ0) is 18.7. The first kappa shape index (κ1) is 17.5. The van der Waals surface area contributed by atoms with Gasteiger partial charge in [0.25, 0.3) is 5.91 Å². The maximum atomic E-state index is 12.7. The number of nitrogens with zero attached hydrogens (tertiary/aromatic N) is 1. The van der Waals surface area contributed by atoms with Gasteiger partial charge in [-0.15, -0.1) is 0 Å². The number of carbonyl (C=O) groups is 1. The summed E-state index contributed by atoms with van der Waals surface area (Å²) in [4.78, 5) is 26.5. The molecule has 0 saturated heterocycles. The van der Waals surface area contributed by atoms with Crippen molar-refractivity contribution in [3.8, 4) is 5.75 Å². The second kappa shape index (κ2) is 7.31. The highest BCUT2D eigenvalue weighted by molar-refractivity contribution is 6.12. The average Bonchev–Trinajstić information content (AvgIpc) is 2.61. The highest BCUT2D eigenvalue weighted by Gasteiger charge is 2.14. The van der Waals surface area contributed by atoms with Crippen LogP contribution in [0, 0.1) is 0 Å². The van der Waals surface area contributed by atoms with E-state index in [9.17, 15) is 9.59 Å². The summed E-state index contributed by atoms with van der Waals surface area (Å²) in [5.41, 5.74) is 1.66. The number of hydrogen-bond donors (Lipinski definition) is 1. The van der Waals surface area contributed by atoms with Gasteiger partial charge in [0.1, 0.15) is 11.3 Å². The Morgan fingerprint density at radius 2 is 1.85 bits per heavy atom. The van der Waals surface area contributed by atoms with Crippen LogP contribution >= 0.6 is 0 Å². The lowest BCUT2D eigenvalue weighted by molar-refractivity contribution is 0.102. The fourth-order valence-corrected chi connectivity index (χ4v) is 2.63. The maximum Gasteiger partial charge on any atom is 0.337 e. The van der Waals surface area contributed by atoms with E-state index in [1.807, 2.05) is 50.2 Å². The minimum atomic E-state index is -0.584. The van der Waals surface area contributed by atoms with Crippen LogP contribution in [0.5, 0.6) is 5.75 Å². The van der Waals surface area contributed by atoms with Crippen molar-refractivity contribution >= 4 is 28.3 Å². The number of carbonyl (C=O) groups excluding carboxylic acids is 1. The van der Waals surface area contributed by atoms with Crippen molar-refractivity contribution in [3.05, 3.63) is 64.5 Å². The third-order valence-electron chi connectivity index (χ3n) is 3.91. The van der Waals surface area contributed by atoms with Gasteiger partial charge in [0, 0.05) is 43.0 Å². The van der Waals surface area contributed by atoms with E-state index >= 15 is 0 Å². The fraction of sp³-hybridized carbons (Fsp3) is 0.200. The largest absolute Gasteiger partial charge is 0.494 e. The monoisotopic (exact) mass is 352 g/mol. The van der Waals surface area contributed by atoms with Gasteiger partial charge in [0.2, 0.25) is 0 Å². The molecule has 1 aromatic heterocycles. The molecule has 0 atom stereocenters. The summed E-state index contributed by atoms with van der Waals surface area (Å²) in [6.45, 7) is 2.37. The molecule has 0 spiro atoms. The van der Waals surface area contributed by atoms with E-state index in [2.05, 4.69) is 5.32 Å². The van der Waals surface area contributed by atoms with Crippen LogP contribution in [0.4, 0.5) is 11.4 Å². The molecule has 134 valence electrons. The van der Waals surface area contributed by atoms with Crippen LogP contribution in [0.3, 0.4) is 0 Å². The molecular weight excluding hydrogens is 332 g/mol. The van der Waals surface area contributed by atoms with E-state index in [1.165, 1.54) is 6.07 Å². The minimum absolute atomic E-state index is 0.260. The van der Waals surface area contributed by atoms with E-state index in [0.717, 1.165) is 5.69 Å². The smallest absolute Gasteiger partial charge is 0.337 e. The lowest BCUT2D eigenvalue weighted by Gasteiger charge is -2.13. The molecule has 0 aliphatic rings. The summed E-state index contributed by atoms with van der Waals surface area (Å²) in [6.07, 6.45) is 0. The number of ether oxygens (including phenoxy) is 1. The highest BCUT2D eigenvalue weighted by Crippen LogP contribution is 2.24. The zero-order valence-electron chi connectivity index (χ0n) is 14.9. The molecule has 6 nitrogen and oxygen atoms in total. The van der Waals surface area contributed by atoms with Crippen LogP contribution in [0.1, 0.15) is 17.3 Å². The Balaban J connectivity index is 1.93. The SMILES string of the molecule is CCOc1ccc2c(C(=O)Nc3ccc(N(C)C)cc3)cc(=O)oc2c1. The van der Waals surface area contributed by atoms with E-state index in [1.54, 1.807) is 18.2 Å². The Morgan fingerprint density at radius 1 is 1.12 bits per heavy atom. The predicted octanol–water partition coefficient (Wildman–Crippen LogP) is 3.51. The number of anilines is 2. The van der Waals surface area contributed by atoms with Gasteiger partial charge >= 0.3 is 5.63 Å². The first-order chi connectivity index (χ1) is 12.5. The summed E-state index contributed by atoms with van der Waals surface area (Å²) < 4.78 is 10.6. The molecule has 0 unspecified atom stereocenters. The third-order valence-corrected chi connectivity index (χ3v) is 3.91. The average molecular weight is 352 g/mol. The lowest BCUT2D eigenvalue weighted by atomic mass is 10.1. The number of benzene rings is 2. The Labute approximate surface area is 151 Å². The van der Waals surface area contributed by atoms with Crippen molar-refractivity contribution in [2.75, 3.05) is 30.9 Å². The van der Waals surface area contributed by atoms with Crippen LogP contribution < -0.4 is 20.6 Å². The molecule has 0 aliphatic heterocycles. The molecule has 1 heterocycles. The van der Waals surface area contributed by atoms with Crippen molar-refractivity contribution in [2.45, 2.75) is 6.92 Å². The number of hydrogen-bond acceptors (Lipinski definition) is 5. The van der Waals surface area contributed by atoms with E-state index in [4.69, 9.17) is 9.15 Å². The van der Waals surface area contributed by atoms with Gasteiger partial charge in [-0.05, 0) is 43.3 Å². The van der Waals surface area contributed by atoms with Gasteiger partial charge < -0.3 is 19.4 Å². The van der Waals surface area contributed by atoms with Crippen LogP contribution in [0.2, 0.25) is 0 Å².